The fourth-order valence-electron chi connectivity index (χ4n) is 2.36. The van der Waals surface area contributed by atoms with Crippen LogP contribution < -0.4 is 5.32 Å². The van der Waals surface area contributed by atoms with Gasteiger partial charge in [0.25, 0.3) is 5.91 Å². The molecule has 7 heteroatoms. The van der Waals surface area contributed by atoms with Crippen molar-refractivity contribution in [2.75, 3.05) is 5.32 Å². The molecule has 1 N–H and O–H groups in total. The number of halogens is 3. The van der Waals surface area contributed by atoms with Gasteiger partial charge >= 0.3 is 6.18 Å². The second kappa shape index (κ2) is 5.64. The molecule has 0 unspecified atom stereocenters. The Kier molecular flexibility index (Phi) is 3.79. The summed E-state index contributed by atoms with van der Waals surface area (Å²) in [5.74, 6) is 0.225. The zero-order valence-corrected chi connectivity index (χ0v) is 12.3. The zero-order chi connectivity index (χ0) is 16.6. The molecule has 0 atom stereocenters. The Labute approximate surface area is 130 Å². The zero-order valence-electron chi connectivity index (χ0n) is 12.3. The third kappa shape index (κ3) is 3.49. The molecular formula is C16H14F3N3O. The van der Waals surface area contributed by atoms with Crippen LogP contribution in [0.1, 0.15) is 46.2 Å². The first-order valence-electron chi connectivity index (χ1n) is 7.18. The van der Waals surface area contributed by atoms with Crippen LogP contribution in [-0.2, 0) is 6.18 Å². The molecule has 0 saturated heterocycles. The molecule has 0 radical (unpaired) electrons. The first-order valence-corrected chi connectivity index (χ1v) is 7.18. The van der Waals surface area contributed by atoms with Gasteiger partial charge < -0.3 is 5.32 Å². The number of nitrogens with zero attached hydrogens (tertiary/aromatic N) is 2. The van der Waals surface area contributed by atoms with Gasteiger partial charge in [0.05, 0.1) is 11.1 Å². The van der Waals surface area contributed by atoms with Gasteiger partial charge in [-0.05, 0) is 31.9 Å². The first-order chi connectivity index (χ1) is 10.8. The number of alkyl halides is 3. The van der Waals surface area contributed by atoms with Crippen LogP contribution in [0.5, 0.6) is 0 Å². The van der Waals surface area contributed by atoms with Crippen molar-refractivity contribution in [1.82, 2.24) is 9.97 Å². The van der Waals surface area contributed by atoms with E-state index in [1.807, 2.05) is 0 Å². The van der Waals surface area contributed by atoms with Crippen molar-refractivity contribution < 1.29 is 18.0 Å². The minimum absolute atomic E-state index is 0.223. The fraction of sp³-hybridized carbons (Fsp3) is 0.312. The Morgan fingerprint density at radius 1 is 1.22 bits per heavy atom. The van der Waals surface area contributed by atoms with Crippen LogP contribution in [-0.4, -0.2) is 15.9 Å². The van der Waals surface area contributed by atoms with Crippen LogP contribution in [0.4, 0.5) is 19.0 Å². The van der Waals surface area contributed by atoms with Gasteiger partial charge in [-0.1, -0.05) is 12.1 Å². The number of benzene rings is 1. The summed E-state index contributed by atoms with van der Waals surface area (Å²) in [6.07, 6.45) is -2.53. The highest BCUT2D eigenvalue weighted by atomic mass is 19.4. The van der Waals surface area contributed by atoms with Gasteiger partial charge in [0, 0.05) is 17.7 Å². The fourth-order valence-corrected chi connectivity index (χ4v) is 2.36. The molecule has 1 heterocycles. The molecular weight excluding hydrogens is 307 g/mol. The lowest BCUT2D eigenvalue weighted by molar-refractivity contribution is -0.137. The summed E-state index contributed by atoms with van der Waals surface area (Å²) in [4.78, 5) is 20.6. The van der Waals surface area contributed by atoms with E-state index in [2.05, 4.69) is 15.3 Å². The standard InChI is InChI=1S/C16H14F3N3O/c1-9-20-13(10-6-7-10)8-14(21-9)22-15(23)11-4-2-3-5-12(11)16(17,18)19/h2-5,8,10H,6-7H2,1H3,(H,20,21,22,23). The maximum Gasteiger partial charge on any atom is 0.417 e. The number of anilines is 1. The molecule has 3 rings (SSSR count). The highest BCUT2D eigenvalue weighted by Crippen LogP contribution is 2.39. The van der Waals surface area contributed by atoms with Crippen LogP contribution in [0.3, 0.4) is 0 Å². The molecule has 23 heavy (non-hydrogen) atoms. The Bertz CT molecular complexity index is 754. The van der Waals surface area contributed by atoms with Gasteiger partial charge in [0.2, 0.25) is 0 Å². The number of aromatic nitrogens is 2. The summed E-state index contributed by atoms with van der Waals surface area (Å²) < 4.78 is 39.0. The normalized spacial score (nSPS) is 14.6. The predicted octanol–water partition coefficient (Wildman–Crippen LogP) is 3.93. The van der Waals surface area contributed by atoms with Gasteiger partial charge in [-0.25, -0.2) is 9.97 Å². The summed E-state index contributed by atoms with van der Waals surface area (Å²) in [7, 11) is 0. The van der Waals surface area contributed by atoms with Crippen molar-refractivity contribution in [2.45, 2.75) is 31.9 Å². The SMILES string of the molecule is Cc1nc(NC(=O)c2ccccc2C(F)(F)F)cc(C2CC2)n1. The molecule has 1 aromatic heterocycles. The van der Waals surface area contributed by atoms with Crippen LogP contribution in [0.25, 0.3) is 0 Å². The molecule has 1 aliphatic rings. The van der Waals surface area contributed by atoms with Crippen LogP contribution >= 0.6 is 0 Å². The number of rotatable bonds is 3. The third-order valence-corrected chi connectivity index (χ3v) is 3.57. The molecule has 4 nitrogen and oxygen atoms in total. The lowest BCUT2D eigenvalue weighted by Crippen LogP contribution is -2.19. The quantitative estimate of drug-likeness (QED) is 0.932. The third-order valence-electron chi connectivity index (χ3n) is 3.57. The molecule has 120 valence electrons. The van der Waals surface area contributed by atoms with Crippen LogP contribution in [0, 0.1) is 6.92 Å². The summed E-state index contributed by atoms with van der Waals surface area (Å²) >= 11 is 0. The first kappa shape index (κ1) is 15.5. The number of carbonyl (C=O) groups is 1. The molecule has 0 bridgehead atoms. The molecule has 0 aliphatic heterocycles. The monoisotopic (exact) mass is 321 g/mol. The number of hydrogen-bond acceptors (Lipinski definition) is 3. The van der Waals surface area contributed by atoms with E-state index in [1.54, 1.807) is 13.0 Å². The molecule has 0 spiro atoms. The van der Waals surface area contributed by atoms with Crippen molar-refractivity contribution in [3.63, 3.8) is 0 Å². The molecule has 1 saturated carbocycles. The second-order valence-corrected chi connectivity index (χ2v) is 5.50. The van der Waals surface area contributed by atoms with Crippen molar-refractivity contribution in [3.05, 3.63) is 53.0 Å². The van der Waals surface area contributed by atoms with E-state index in [0.717, 1.165) is 30.7 Å². The molecule has 2 aromatic rings. The highest BCUT2D eigenvalue weighted by molar-refractivity contribution is 6.05. The van der Waals surface area contributed by atoms with Crippen molar-refractivity contribution in [2.24, 2.45) is 0 Å². The minimum atomic E-state index is -4.59. The average molecular weight is 321 g/mol. The van der Waals surface area contributed by atoms with E-state index < -0.39 is 23.2 Å². The van der Waals surface area contributed by atoms with Crippen LogP contribution in [0.15, 0.2) is 30.3 Å². The lowest BCUT2D eigenvalue weighted by Gasteiger charge is -2.13. The van der Waals surface area contributed by atoms with E-state index in [9.17, 15) is 18.0 Å². The van der Waals surface area contributed by atoms with Gasteiger partial charge in [-0.3, -0.25) is 4.79 Å². The minimum Gasteiger partial charge on any atom is -0.306 e. The van der Waals surface area contributed by atoms with Gasteiger partial charge in [0.1, 0.15) is 11.6 Å². The summed E-state index contributed by atoms with van der Waals surface area (Å²) in [6, 6.07) is 6.30. The molecule has 1 fully saturated rings. The lowest BCUT2D eigenvalue weighted by atomic mass is 10.1. The maximum absolute atomic E-state index is 13.0. The number of carbonyl (C=O) groups excluding carboxylic acids is 1. The summed E-state index contributed by atoms with van der Waals surface area (Å²) in [5.41, 5.74) is -0.577. The van der Waals surface area contributed by atoms with E-state index in [0.29, 0.717) is 11.7 Å². The smallest absolute Gasteiger partial charge is 0.306 e. The average Bonchev–Trinajstić information content (AvgIpc) is 3.30. The van der Waals surface area contributed by atoms with Crippen molar-refractivity contribution >= 4 is 11.7 Å². The number of amides is 1. The van der Waals surface area contributed by atoms with Gasteiger partial charge in [-0.2, -0.15) is 13.2 Å². The summed E-state index contributed by atoms with van der Waals surface area (Å²) in [6.45, 7) is 1.69. The Hall–Kier alpha value is -2.44. The number of nitrogens with one attached hydrogen (secondary N) is 1. The van der Waals surface area contributed by atoms with Crippen molar-refractivity contribution in [1.29, 1.82) is 0 Å². The maximum atomic E-state index is 13.0. The van der Waals surface area contributed by atoms with E-state index in [1.165, 1.54) is 12.1 Å². The second-order valence-electron chi connectivity index (χ2n) is 5.50. The molecule has 1 amide bonds. The topological polar surface area (TPSA) is 54.9 Å². The van der Waals surface area contributed by atoms with Gasteiger partial charge in [-0.15, -0.1) is 0 Å². The van der Waals surface area contributed by atoms with E-state index in [4.69, 9.17) is 0 Å². The molecule has 1 aliphatic carbocycles. The largest absolute Gasteiger partial charge is 0.417 e. The Morgan fingerprint density at radius 3 is 2.57 bits per heavy atom. The Balaban J connectivity index is 1.88. The van der Waals surface area contributed by atoms with E-state index >= 15 is 0 Å². The van der Waals surface area contributed by atoms with Gasteiger partial charge in [0.15, 0.2) is 0 Å². The molecule has 1 aromatic carbocycles. The number of aryl methyl sites for hydroxylation is 1. The highest BCUT2D eigenvalue weighted by Gasteiger charge is 2.35. The number of hydrogen-bond donors (Lipinski definition) is 1. The van der Waals surface area contributed by atoms with E-state index in [-0.39, 0.29) is 5.82 Å². The Morgan fingerprint density at radius 2 is 1.91 bits per heavy atom. The van der Waals surface area contributed by atoms with Crippen LogP contribution in [0.2, 0.25) is 0 Å². The summed E-state index contributed by atoms with van der Waals surface area (Å²) in [5, 5.41) is 2.44. The predicted molar refractivity (Wildman–Crippen MR) is 78.1 cm³/mol. The van der Waals surface area contributed by atoms with Crippen molar-refractivity contribution in [3.8, 4) is 0 Å².